The molecule has 0 fully saturated rings. The van der Waals surface area contributed by atoms with Crippen LogP contribution in [-0.2, 0) is 6.54 Å². The molecule has 0 saturated carbocycles. The molecule has 1 N–H and O–H groups in total. The van der Waals surface area contributed by atoms with Gasteiger partial charge >= 0.3 is 0 Å². The van der Waals surface area contributed by atoms with Crippen molar-refractivity contribution in [2.24, 2.45) is 0 Å². The molecule has 0 radical (unpaired) electrons. The average Bonchev–Trinajstić information content (AvgIpc) is 2.84. The highest BCUT2D eigenvalue weighted by Gasteiger charge is 2.10. The predicted octanol–water partition coefficient (Wildman–Crippen LogP) is 3.21. The van der Waals surface area contributed by atoms with E-state index < -0.39 is 5.82 Å². The van der Waals surface area contributed by atoms with Crippen molar-refractivity contribution in [3.05, 3.63) is 39.9 Å². The zero-order valence-electron chi connectivity index (χ0n) is 10.3. The summed E-state index contributed by atoms with van der Waals surface area (Å²) in [4.78, 5) is 0. The fourth-order valence-electron chi connectivity index (χ4n) is 1.57. The van der Waals surface area contributed by atoms with E-state index in [0.29, 0.717) is 12.2 Å². The van der Waals surface area contributed by atoms with Gasteiger partial charge in [-0.1, -0.05) is 35.3 Å². The van der Waals surface area contributed by atoms with Gasteiger partial charge in [0.15, 0.2) is 5.82 Å². The molecular formula is C12H13Cl2FN4. The Morgan fingerprint density at radius 2 is 2.00 bits per heavy atom. The zero-order valence-corrected chi connectivity index (χ0v) is 11.8. The van der Waals surface area contributed by atoms with Gasteiger partial charge in [0.1, 0.15) is 0 Å². The van der Waals surface area contributed by atoms with E-state index >= 15 is 0 Å². The molecule has 19 heavy (non-hydrogen) atoms. The van der Waals surface area contributed by atoms with Gasteiger partial charge < -0.3 is 5.32 Å². The average molecular weight is 303 g/mol. The second-order valence-corrected chi connectivity index (χ2v) is 4.87. The number of nitrogens with zero attached hydrogens (tertiary/aromatic N) is 3. The Labute approximate surface area is 120 Å². The van der Waals surface area contributed by atoms with Gasteiger partial charge in [-0.25, -0.2) is 9.07 Å². The molecular weight excluding hydrogens is 290 g/mol. The predicted molar refractivity (Wildman–Crippen MR) is 73.3 cm³/mol. The van der Waals surface area contributed by atoms with Crippen molar-refractivity contribution in [1.82, 2.24) is 20.3 Å². The lowest BCUT2D eigenvalue weighted by Gasteiger charge is -2.03. The largest absolute Gasteiger partial charge is 0.311 e. The molecule has 0 saturated heterocycles. The standard InChI is InChI=1S/C12H13Cl2FN4/c1-2-3-16-6-8-7-19(18-17-8)9-4-10(13)12(15)11(14)5-9/h4-5,7,16H,2-3,6H2,1H3. The van der Waals surface area contributed by atoms with E-state index in [4.69, 9.17) is 23.2 Å². The highest BCUT2D eigenvalue weighted by atomic mass is 35.5. The molecule has 0 atom stereocenters. The first-order valence-electron chi connectivity index (χ1n) is 5.88. The van der Waals surface area contributed by atoms with Gasteiger partial charge in [-0.3, -0.25) is 0 Å². The number of aromatic nitrogens is 3. The summed E-state index contributed by atoms with van der Waals surface area (Å²) in [5, 5.41) is 11.1. The second-order valence-electron chi connectivity index (χ2n) is 4.05. The molecule has 0 amide bonds. The first-order chi connectivity index (χ1) is 9.11. The molecule has 0 spiro atoms. The van der Waals surface area contributed by atoms with Crippen LogP contribution in [0.2, 0.25) is 10.0 Å². The molecule has 0 bridgehead atoms. The number of hydrogen-bond acceptors (Lipinski definition) is 3. The third kappa shape index (κ3) is 3.43. The van der Waals surface area contributed by atoms with Crippen molar-refractivity contribution >= 4 is 23.2 Å². The fourth-order valence-corrected chi connectivity index (χ4v) is 2.05. The van der Waals surface area contributed by atoms with E-state index in [1.807, 2.05) is 0 Å². The molecule has 0 aliphatic carbocycles. The molecule has 1 aromatic heterocycles. The Bertz CT molecular complexity index is 548. The second kappa shape index (κ2) is 6.32. The Hall–Kier alpha value is -1.17. The lowest BCUT2D eigenvalue weighted by atomic mass is 10.3. The van der Waals surface area contributed by atoms with Crippen molar-refractivity contribution in [2.45, 2.75) is 19.9 Å². The lowest BCUT2D eigenvalue weighted by Crippen LogP contribution is -2.13. The summed E-state index contributed by atoms with van der Waals surface area (Å²) >= 11 is 11.5. The van der Waals surface area contributed by atoms with E-state index in [-0.39, 0.29) is 10.0 Å². The summed E-state index contributed by atoms with van der Waals surface area (Å²) in [5.41, 5.74) is 1.37. The monoisotopic (exact) mass is 302 g/mol. The van der Waals surface area contributed by atoms with Crippen LogP contribution in [0.1, 0.15) is 19.0 Å². The maximum absolute atomic E-state index is 13.3. The Morgan fingerprint density at radius 3 is 2.63 bits per heavy atom. The first kappa shape index (κ1) is 14.2. The van der Waals surface area contributed by atoms with Gasteiger partial charge in [0, 0.05) is 6.54 Å². The molecule has 1 aromatic carbocycles. The molecule has 0 aliphatic heterocycles. The normalized spacial score (nSPS) is 10.9. The van der Waals surface area contributed by atoms with Gasteiger partial charge in [0.25, 0.3) is 0 Å². The number of rotatable bonds is 5. The van der Waals surface area contributed by atoms with Crippen molar-refractivity contribution < 1.29 is 4.39 Å². The third-order valence-corrected chi connectivity index (χ3v) is 3.06. The molecule has 0 aliphatic rings. The van der Waals surface area contributed by atoms with Gasteiger partial charge in [-0.05, 0) is 25.1 Å². The highest BCUT2D eigenvalue weighted by molar-refractivity contribution is 6.35. The van der Waals surface area contributed by atoms with Crippen molar-refractivity contribution in [3.8, 4) is 5.69 Å². The topological polar surface area (TPSA) is 42.7 Å². The van der Waals surface area contributed by atoms with E-state index in [9.17, 15) is 4.39 Å². The fraction of sp³-hybridized carbons (Fsp3) is 0.333. The Balaban J connectivity index is 2.18. The first-order valence-corrected chi connectivity index (χ1v) is 6.64. The van der Waals surface area contributed by atoms with E-state index in [2.05, 4.69) is 22.6 Å². The summed E-state index contributed by atoms with van der Waals surface area (Å²) in [6, 6.07) is 2.92. The van der Waals surface area contributed by atoms with Crippen molar-refractivity contribution in [3.63, 3.8) is 0 Å². The van der Waals surface area contributed by atoms with E-state index in [1.54, 1.807) is 6.20 Å². The van der Waals surface area contributed by atoms with Crippen LogP contribution >= 0.6 is 23.2 Å². The molecule has 102 valence electrons. The van der Waals surface area contributed by atoms with Crippen LogP contribution in [0, 0.1) is 5.82 Å². The quantitative estimate of drug-likeness (QED) is 0.681. The number of halogens is 3. The minimum absolute atomic E-state index is 0.0383. The third-order valence-electron chi connectivity index (χ3n) is 2.51. The SMILES string of the molecule is CCCNCc1cn(-c2cc(Cl)c(F)c(Cl)c2)nn1. The van der Waals surface area contributed by atoms with Crippen LogP contribution in [0.25, 0.3) is 5.69 Å². The molecule has 4 nitrogen and oxygen atoms in total. The van der Waals surface area contributed by atoms with Crippen molar-refractivity contribution in [2.75, 3.05) is 6.54 Å². The van der Waals surface area contributed by atoms with Crippen LogP contribution < -0.4 is 5.32 Å². The maximum Gasteiger partial charge on any atom is 0.160 e. The number of hydrogen-bond donors (Lipinski definition) is 1. The molecule has 1 heterocycles. The summed E-state index contributed by atoms with van der Waals surface area (Å²) in [6.07, 6.45) is 2.81. The summed E-state index contributed by atoms with van der Waals surface area (Å²) in [7, 11) is 0. The minimum atomic E-state index is -0.628. The lowest BCUT2D eigenvalue weighted by molar-refractivity contribution is 0.627. The summed E-state index contributed by atoms with van der Waals surface area (Å²) in [6.45, 7) is 3.64. The van der Waals surface area contributed by atoms with E-state index in [1.165, 1.54) is 16.8 Å². The van der Waals surface area contributed by atoms with Crippen LogP contribution in [0.4, 0.5) is 4.39 Å². The minimum Gasteiger partial charge on any atom is -0.311 e. The zero-order chi connectivity index (χ0) is 13.8. The van der Waals surface area contributed by atoms with Crippen LogP contribution in [0.5, 0.6) is 0 Å². The van der Waals surface area contributed by atoms with Gasteiger partial charge in [-0.2, -0.15) is 0 Å². The van der Waals surface area contributed by atoms with Gasteiger partial charge in [0.2, 0.25) is 0 Å². The van der Waals surface area contributed by atoms with Gasteiger partial charge in [0.05, 0.1) is 27.6 Å². The molecule has 2 aromatic rings. The smallest absolute Gasteiger partial charge is 0.160 e. The van der Waals surface area contributed by atoms with Crippen molar-refractivity contribution in [1.29, 1.82) is 0 Å². The molecule has 7 heteroatoms. The van der Waals surface area contributed by atoms with Gasteiger partial charge in [-0.15, -0.1) is 5.10 Å². The van der Waals surface area contributed by atoms with Crippen LogP contribution in [-0.4, -0.2) is 21.5 Å². The number of nitrogens with one attached hydrogen (secondary N) is 1. The van der Waals surface area contributed by atoms with Crippen LogP contribution in [0.15, 0.2) is 18.3 Å². The van der Waals surface area contributed by atoms with Crippen LogP contribution in [0.3, 0.4) is 0 Å². The van der Waals surface area contributed by atoms with E-state index in [0.717, 1.165) is 18.7 Å². The Kier molecular flexibility index (Phi) is 4.74. The summed E-state index contributed by atoms with van der Waals surface area (Å²) in [5.74, 6) is -0.628. The maximum atomic E-state index is 13.3. The Morgan fingerprint density at radius 1 is 1.32 bits per heavy atom. The summed E-state index contributed by atoms with van der Waals surface area (Å²) < 4.78 is 14.8. The number of benzene rings is 1. The molecule has 0 unspecified atom stereocenters. The molecule has 2 rings (SSSR count). The highest BCUT2D eigenvalue weighted by Crippen LogP contribution is 2.26.